The number of aromatic amines is 1. The van der Waals surface area contributed by atoms with Crippen LogP contribution in [0.2, 0.25) is 0 Å². The number of fused-ring (bicyclic) bond motifs is 1. The van der Waals surface area contributed by atoms with Crippen LogP contribution in [0.25, 0.3) is 11.0 Å². The van der Waals surface area contributed by atoms with Crippen LogP contribution < -0.4 is 10.6 Å². The van der Waals surface area contributed by atoms with Gasteiger partial charge in [0, 0.05) is 0 Å². The molecule has 1 aromatic heterocycles. The fourth-order valence-corrected chi connectivity index (χ4v) is 4.13. The van der Waals surface area contributed by atoms with Gasteiger partial charge < -0.3 is 15.6 Å². The third-order valence-corrected chi connectivity index (χ3v) is 6.09. The first kappa shape index (κ1) is 22.5. The molecule has 0 radical (unpaired) electrons. The average molecular weight is 448 g/mol. The number of benzene rings is 2. The lowest BCUT2D eigenvalue weighted by Crippen LogP contribution is -2.46. The lowest BCUT2D eigenvalue weighted by molar-refractivity contribution is -0.135. The molecule has 0 aliphatic carbocycles. The number of rotatable bonds is 8. The third-order valence-electron chi connectivity index (χ3n) is 6.09. The number of carbonyl (C=O) groups excluding carboxylic acids is 3. The summed E-state index contributed by atoms with van der Waals surface area (Å²) in [4.78, 5) is 47.3. The van der Waals surface area contributed by atoms with Crippen molar-refractivity contribution < 1.29 is 14.4 Å². The van der Waals surface area contributed by atoms with Crippen LogP contribution in [0.3, 0.4) is 0 Å². The Bertz CT molecular complexity index is 1140. The minimum absolute atomic E-state index is 0.0498. The van der Waals surface area contributed by atoms with Gasteiger partial charge in [0.1, 0.15) is 17.9 Å². The van der Waals surface area contributed by atoms with E-state index in [0.29, 0.717) is 18.7 Å². The topological polar surface area (TPSA) is 107 Å². The number of H-pyrrole nitrogens is 1. The highest BCUT2D eigenvalue weighted by Crippen LogP contribution is 2.25. The first-order valence-electron chi connectivity index (χ1n) is 11.2. The molecular formula is C25H29N5O3. The second kappa shape index (κ2) is 9.05. The number of amides is 4. The van der Waals surface area contributed by atoms with Crippen molar-refractivity contribution in [1.29, 1.82) is 0 Å². The molecular weight excluding hydrogens is 418 g/mol. The molecule has 1 aliphatic rings. The molecule has 8 nitrogen and oxygen atoms in total. The van der Waals surface area contributed by atoms with Crippen molar-refractivity contribution in [2.45, 2.75) is 45.2 Å². The second-order valence-corrected chi connectivity index (χ2v) is 9.07. The Morgan fingerprint density at radius 3 is 2.48 bits per heavy atom. The molecule has 2 aromatic carbocycles. The molecule has 4 rings (SSSR count). The van der Waals surface area contributed by atoms with Crippen LogP contribution in [-0.4, -0.2) is 44.8 Å². The van der Waals surface area contributed by atoms with E-state index in [4.69, 9.17) is 0 Å². The highest BCUT2D eigenvalue weighted by atomic mass is 16.2. The van der Waals surface area contributed by atoms with E-state index in [9.17, 15) is 14.4 Å². The summed E-state index contributed by atoms with van der Waals surface area (Å²) in [6, 6.07) is 16.5. The van der Waals surface area contributed by atoms with Gasteiger partial charge in [0.05, 0.1) is 17.1 Å². The maximum atomic E-state index is 13.0. The normalized spacial score (nSPS) is 19.2. The number of urea groups is 1. The molecule has 0 saturated carbocycles. The van der Waals surface area contributed by atoms with Crippen molar-refractivity contribution in [3.05, 3.63) is 66.0 Å². The summed E-state index contributed by atoms with van der Waals surface area (Å²) in [5.74, 6) is -0.105. The van der Waals surface area contributed by atoms with Gasteiger partial charge in [0.2, 0.25) is 5.91 Å². The molecule has 8 heteroatoms. The minimum atomic E-state index is -1.04. The number of hydrogen-bond acceptors (Lipinski definition) is 4. The first-order valence-corrected chi connectivity index (χ1v) is 11.2. The lowest BCUT2D eigenvalue weighted by atomic mass is 9.93. The lowest BCUT2D eigenvalue weighted by Gasteiger charge is -2.23. The number of aromatic nitrogens is 2. The predicted octanol–water partition coefficient (Wildman–Crippen LogP) is 3.32. The van der Waals surface area contributed by atoms with Gasteiger partial charge in [-0.1, -0.05) is 56.3 Å². The van der Waals surface area contributed by atoms with E-state index in [1.54, 1.807) is 6.92 Å². The first-order chi connectivity index (χ1) is 15.8. The Labute approximate surface area is 192 Å². The van der Waals surface area contributed by atoms with E-state index in [2.05, 4.69) is 20.6 Å². The Kier molecular flexibility index (Phi) is 6.18. The van der Waals surface area contributed by atoms with Crippen molar-refractivity contribution in [2.24, 2.45) is 5.92 Å². The number of nitrogens with zero attached hydrogens (tertiary/aromatic N) is 2. The zero-order chi connectivity index (χ0) is 23.6. The van der Waals surface area contributed by atoms with E-state index in [1.165, 1.54) is 0 Å². The number of imide groups is 1. The summed E-state index contributed by atoms with van der Waals surface area (Å²) in [5.41, 5.74) is 1.75. The number of nitrogens with one attached hydrogen (secondary N) is 3. The van der Waals surface area contributed by atoms with E-state index in [1.807, 2.05) is 68.4 Å². The van der Waals surface area contributed by atoms with Crippen molar-refractivity contribution in [1.82, 2.24) is 25.5 Å². The van der Waals surface area contributed by atoms with E-state index >= 15 is 0 Å². The molecule has 172 valence electrons. The average Bonchev–Trinajstić information content (AvgIpc) is 3.31. The van der Waals surface area contributed by atoms with Gasteiger partial charge in [-0.05, 0) is 43.4 Å². The number of aryl methyl sites for hydroxylation is 1. The number of carbonyl (C=O) groups is 3. The molecule has 2 atom stereocenters. The summed E-state index contributed by atoms with van der Waals surface area (Å²) in [6.45, 7) is 5.33. The van der Waals surface area contributed by atoms with Crippen LogP contribution in [0.4, 0.5) is 4.79 Å². The number of para-hydroxylation sites is 2. The van der Waals surface area contributed by atoms with Crippen LogP contribution in [0.15, 0.2) is 54.6 Å². The van der Waals surface area contributed by atoms with Crippen LogP contribution in [0.1, 0.15) is 44.6 Å². The molecule has 2 heterocycles. The monoisotopic (exact) mass is 447 g/mol. The molecule has 3 aromatic rings. The fourth-order valence-electron chi connectivity index (χ4n) is 4.13. The van der Waals surface area contributed by atoms with Crippen molar-refractivity contribution in [3.63, 3.8) is 0 Å². The third kappa shape index (κ3) is 4.74. The molecule has 33 heavy (non-hydrogen) atoms. The summed E-state index contributed by atoms with van der Waals surface area (Å²) in [7, 11) is 0. The Balaban J connectivity index is 1.42. The van der Waals surface area contributed by atoms with Crippen LogP contribution in [0, 0.1) is 5.92 Å². The Hall–Kier alpha value is -3.68. The maximum absolute atomic E-state index is 13.0. The maximum Gasteiger partial charge on any atom is 0.325 e. The molecule has 1 aliphatic heterocycles. The van der Waals surface area contributed by atoms with Gasteiger partial charge in [-0.2, -0.15) is 0 Å². The molecule has 0 bridgehead atoms. The van der Waals surface area contributed by atoms with Gasteiger partial charge in [0.15, 0.2) is 0 Å². The zero-order valence-electron chi connectivity index (χ0n) is 19.1. The molecule has 4 amide bonds. The molecule has 0 unspecified atom stereocenters. The number of imidazole rings is 1. The zero-order valence-corrected chi connectivity index (χ0v) is 19.1. The highest BCUT2D eigenvalue weighted by Gasteiger charge is 2.48. The van der Waals surface area contributed by atoms with E-state index in [-0.39, 0.29) is 24.4 Å². The molecule has 1 saturated heterocycles. The van der Waals surface area contributed by atoms with Crippen molar-refractivity contribution in [3.8, 4) is 0 Å². The van der Waals surface area contributed by atoms with Crippen molar-refractivity contribution in [2.75, 3.05) is 6.54 Å². The summed E-state index contributed by atoms with van der Waals surface area (Å²) >= 11 is 0. The largest absolute Gasteiger partial charge is 0.344 e. The summed E-state index contributed by atoms with van der Waals surface area (Å²) in [6.07, 6.45) is 1.10. The van der Waals surface area contributed by atoms with Crippen LogP contribution in [0.5, 0.6) is 0 Å². The minimum Gasteiger partial charge on any atom is -0.344 e. The standard InChI is InChI=1S/C25H29N5O3/c1-16(2)21(22-26-18-11-7-8-12-19(18)27-22)28-20(31)15-30-23(32)25(3,29-24(30)33)14-13-17-9-5-4-6-10-17/h4-12,16,21H,13-15H2,1-3H3,(H,26,27)(H,28,31)(H,29,33)/t21-,25+/m0/s1. The molecule has 0 spiro atoms. The predicted molar refractivity (Wildman–Crippen MR) is 125 cm³/mol. The molecule has 3 N–H and O–H groups in total. The Morgan fingerprint density at radius 1 is 1.09 bits per heavy atom. The molecule has 1 fully saturated rings. The van der Waals surface area contributed by atoms with Crippen molar-refractivity contribution >= 4 is 28.9 Å². The SMILES string of the molecule is CC(C)[C@H](NC(=O)CN1C(=O)N[C@](C)(CCc2ccccc2)C1=O)c1nc2ccccc2[nH]1. The number of hydrogen-bond donors (Lipinski definition) is 3. The Morgan fingerprint density at radius 2 is 1.79 bits per heavy atom. The van der Waals surface area contributed by atoms with Crippen LogP contribution >= 0.6 is 0 Å². The van der Waals surface area contributed by atoms with Gasteiger partial charge >= 0.3 is 6.03 Å². The fraction of sp³-hybridized carbons (Fsp3) is 0.360. The van der Waals surface area contributed by atoms with E-state index in [0.717, 1.165) is 21.5 Å². The van der Waals surface area contributed by atoms with Crippen LogP contribution in [-0.2, 0) is 16.0 Å². The quantitative estimate of drug-likeness (QED) is 0.461. The van der Waals surface area contributed by atoms with Gasteiger partial charge in [-0.15, -0.1) is 0 Å². The van der Waals surface area contributed by atoms with Gasteiger partial charge in [-0.3, -0.25) is 14.5 Å². The van der Waals surface area contributed by atoms with E-state index < -0.39 is 17.5 Å². The summed E-state index contributed by atoms with van der Waals surface area (Å²) in [5, 5.41) is 5.71. The van der Waals surface area contributed by atoms with Gasteiger partial charge in [-0.25, -0.2) is 9.78 Å². The van der Waals surface area contributed by atoms with Gasteiger partial charge in [0.25, 0.3) is 5.91 Å². The second-order valence-electron chi connectivity index (χ2n) is 9.07. The summed E-state index contributed by atoms with van der Waals surface area (Å²) < 4.78 is 0. The smallest absolute Gasteiger partial charge is 0.325 e. The highest BCUT2D eigenvalue weighted by molar-refractivity contribution is 6.08.